The van der Waals surface area contributed by atoms with E-state index in [0.29, 0.717) is 25.5 Å². The minimum absolute atomic E-state index is 0.325. The fraction of sp³-hybridized carbons (Fsp3) is 0.421. The lowest BCUT2D eigenvalue weighted by Crippen LogP contribution is -2.41. The number of amides is 1. The lowest BCUT2D eigenvalue weighted by molar-refractivity contribution is 0.0195. The van der Waals surface area contributed by atoms with E-state index in [9.17, 15) is 4.79 Å². The van der Waals surface area contributed by atoms with E-state index in [1.807, 2.05) is 56.5 Å². The molecule has 0 radical (unpaired) electrons. The fourth-order valence-corrected chi connectivity index (χ4v) is 2.58. The maximum atomic E-state index is 12.2. The van der Waals surface area contributed by atoms with Crippen LogP contribution in [-0.2, 0) is 17.8 Å². The average Bonchev–Trinajstić information content (AvgIpc) is 2.93. The summed E-state index contributed by atoms with van der Waals surface area (Å²) in [5.41, 5.74) is 1.61. The molecule has 1 amide bonds. The van der Waals surface area contributed by atoms with Crippen molar-refractivity contribution in [2.45, 2.75) is 46.4 Å². The lowest BCUT2D eigenvalue weighted by atomic mass is 10.1. The number of benzene rings is 1. The molecule has 0 aliphatic carbocycles. The van der Waals surface area contributed by atoms with Gasteiger partial charge in [0.1, 0.15) is 5.60 Å². The molecule has 0 saturated carbocycles. The molecule has 1 aromatic carbocycles. The van der Waals surface area contributed by atoms with Crippen LogP contribution in [-0.4, -0.2) is 37.9 Å². The van der Waals surface area contributed by atoms with Gasteiger partial charge in [-0.05, 0) is 51.3 Å². The quantitative estimate of drug-likeness (QED) is 0.693. The summed E-state index contributed by atoms with van der Waals surface area (Å²) in [5.74, 6) is 7.56. The molecule has 0 fully saturated rings. The van der Waals surface area contributed by atoms with Gasteiger partial charge in [-0.25, -0.2) is 4.79 Å². The highest BCUT2D eigenvalue weighted by Crippen LogP contribution is 2.16. The molecule has 6 heteroatoms. The minimum atomic E-state index is -0.507. The van der Waals surface area contributed by atoms with Crippen molar-refractivity contribution in [2.75, 3.05) is 6.54 Å². The van der Waals surface area contributed by atoms with Crippen molar-refractivity contribution in [3.05, 3.63) is 47.0 Å². The molecule has 1 aliphatic heterocycles. The standard InChI is InChI=1S/C19H22N4O2/c1-14-6-5-7-15(12-14)8-9-16-20-21-17-13-22(10-11-23(16)17)18(24)25-19(2,3)4/h5-7,12H,10-11,13H2,1-4H3. The van der Waals surface area contributed by atoms with Crippen molar-refractivity contribution in [2.24, 2.45) is 0 Å². The molecule has 130 valence electrons. The van der Waals surface area contributed by atoms with Gasteiger partial charge in [-0.15, -0.1) is 10.2 Å². The van der Waals surface area contributed by atoms with Gasteiger partial charge in [0.25, 0.3) is 0 Å². The molecule has 0 unspecified atom stereocenters. The summed E-state index contributed by atoms with van der Waals surface area (Å²) in [6.45, 7) is 9.16. The number of aromatic nitrogens is 3. The second-order valence-corrected chi connectivity index (χ2v) is 7.11. The van der Waals surface area contributed by atoms with Gasteiger partial charge in [0.05, 0.1) is 6.54 Å². The van der Waals surface area contributed by atoms with Gasteiger partial charge >= 0.3 is 6.09 Å². The van der Waals surface area contributed by atoms with Crippen LogP contribution in [0.15, 0.2) is 24.3 Å². The third kappa shape index (κ3) is 4.18. The number of fused-ring (bicyclic) bond motifs is 1. The van der Waals surface area contributed by atoms with Crippen LogP contribution >= 0.6 is 0 Å². The first-order chi connectivity index (χ1) is 11.8. The summed E-state index contributed by atoms with van der Waals surface area (Å²) in [4.78, 5) is 13.8. The van der Waals surface area contributed by atoms with Crippen molar-refractivity contribution in [3.63, 3.8) is 0 Å². The highest BCUT2D eigenvalue weighted by atomic mass is 16.6. The van der Waals surface area contributed by atoms with Crippen molar-refractivity contribution in [3.8, 4) is 11.8 Å². The van der Waals surface area contributed by atoms with Crippen LogP contribution in [0.3, 0.4) is 0 Å². The van der Waals surface area contributed by atoms with Gasteiger partial charge in [0, 0.05) is 18.7 Å². The first-order valence-electron chi connectivity index (χ1n) is 8.30. The van der Waals surface area contributed by atoms with Gasteiger partial charge in [-0.3, -0.25) is 4.90 Å². The van der Waals surface area contributed by atoms with Crippen LogP contribution < -0.4 is 0 Å². The molecule has 3 rings (SSSR count). The first-order valence-corrected chi connectivity index (χ1v) is 8.30. The molecule has 25 heavy (non-hydrogen) atoms. The second kappa shape index (κ2) is 6.60. The van der Waals surface area contributed by atoms with Crippen LogP contribution in [0, 0.1) is 18.8 Å². The summed E-state index contributed by atoms with van der Waals surface area (Å²) in [6, 6.07) is 8.02. The Morgan fingerprint density at radius 3 is 2.72 bits per heavy atom. The highest BCUT2D eigenvalue weighted by molar-refractivity contribution is 5.68. The van der Waals surface area contributed by atoms with Gasteiger partial charge in [0.15, 0.2) is 5.82 Å². The zero-order chi connectivity index (χ0) is 18.0. The summed E-state index contributed by atoms with van der Waals surface area (Å²) in [5, 5.41) is 8.34. The number of carbonyl (C=O) groups is 1. The number of ether oxygens (including phenoxy) is 1. The summed E-state index contributed by atoms with van der Waals surface area (Å²) < 4.78 is 7.38. The van der Waals surface area contributed by atoms with Crippen LogP contribution in [0.4, 0.5) is 4.79 Å². The van der Waals surface area contributed by atoms with Crippen LogP contribution in [0.5, 0.6) is 0 Å². The predicted molar refractivity (Wildman–Crippen MR) is 93.8 cm³/mol. The average molecular weight is 338 g/mol. The Hall–Kier alpha value is -2.81. The largest absolute Gasteiger partial charge is 0.444 e. The molecule has 2 aromatic rings. The van der Waals surface area contributed by atoms with E-state index in [1.165, 1.54) is 5.56 Å². The van der Waals surface area contributed by atoms with Crippen molar-refractivity contribution >= 4 is 6.09 Å². The number of hydrogen-bond donors (Lipinski definition) is 0. The zero-order valence-corrected chi connectivity index (χ0v) is 15.0. The molecule has 0 atom stereocenters. The molecule has 0 spiro atoms. The lowest BCUT2D eigenvalue weighted by Gasteiger charge is -2.30. The Bertz CT molecular complexity index is 852. The Balaban J connectivity index is 1.74. The molecule has 6 nitrogen and oxygen atoms in total. The first kappa shape index (κ1) is 17.0. The maximum Gasteiger partial charge on any atom is 0.410 e. The van der Waals surface area contributed by atoms with Gasteiger partial charge < -0.3 is 9.30 Å². The van der Waals surface area contributed by atoms with Crippen molar-refractivity contribution in [1.82, 2.24) is 19.7 Å². The Morgan fingerprint density at radius 1 is 1.20 bits per heavy atom. The number of hydrogen-bond acceptors (Lipinski definition) is 4. The predicted octanol–water partition coefficient (Wildman–Crippen LogP) is 2.74. The molecule has 1 aromatic heterocycles. The topological polar surface area (TPSA) is 60.2 Å². The van der Waals surface area contributed by atoms with Crippen molar-refractivity contribution < 1.29 is 9.53 Å². The second-order valence-electron chi connectivity index (χ2n) is 7.11. The van der Waals surface area contributed by atoms with Gasteiger partial charge in [0.2, 0.25) is 5.82 Å². The Kier molecular flexibility index (Phi) is 4.49. The van der Waals surface area contributed by atoms with Crippen molar-refractivity contribution in [1.29, 1.82) is 0 Å². The van der Waals surface area contributed by atoms with E-state index >= 15 is 0 Å². The number of carbonyl (C=O) groups excluding carboxylic acids is 1. The van der Waals surface area contributed by atoms with Crippen LogP contribution in [0.2, 0.25) is 0 Å². The van der Waals surface area contributed by atoms with E-state index < -0.39 is 5.60 Å². The van der Waals surface area contributed by atoms with Gasteiger partial charge in [-0.2, -0.15) is 0 Å². The SMILES string of the molecule is Cc1cccc(C#Cc2nnc3n2CCN(C(=O)OC(C)(C)C)C3)c1. The molecule has 1 aliphatic rings. The maximum absolute atomic E-state index is 12.2. The number of aryl methyl sites for hydroxylation is 1. The Morgan fingerprint density at radius 2 is 2.00 bits per heavy atom. The molecule has 2 heterocycles. The van der Waals surface area contributed by atoms with Crippen LogP contribution in [0.25, 0.3) is 0 Å². The number of nitrogens with zero attached hydrogens (tertiary/aromatic N) is 4. The third-order valence-corrected chi connectivity index (χ3v) is 3.74. The van der Waals surface area contributed by atoms with E-state index in [2.05, 4.69) is 22.0 Å². The van der Waals surface area contributed by atoms with Gasteiger partial charge in [-0.1, -0.05) is 18.1 Å². The van der Waals surface area contributed by atoms with E-state index in [-0.39, 0.29) is 6.09 Å². The highest BCUT2D eigenvalue weighted by Gasteiger charge is 2.27. The minimum Gasteiger partial charge on any atom is -0.444 e. The molecule has 0 N–H and O–H groups in total. The van der Waals surface area contributed by atoms with E-state index in [0.717, 1.165) is 11.4 Å². The molecule has 0 bridgehead atoms. The molecule has 0 saturated heterocycles. The summed E-state index contributed by atoms with van der Waals surface area (Å²) >= 11 is 0. The summed E-state index contributed by atoms with van der Waals surface area (Å²) in [6.07, 6.45) is -0.325. The smallest absolute Gasteiger partial charge is 0.410 e. The van der Waals surface area contributed by atoms with E-state index in [4.69, 9.17) is 4.74 Å². The Labute approximate surface area is 147 Å². The third-order valence-electron chi connectivity index (χ3n) is 3.74. The fourth-order valence-electron chi connectivity index (χ4n) is 2.58. The normalized spacial score (nSPS) is 13.7. The van der Waals surface area contributed by atoms with E-state index in [1.54, 1.807) is 4.90 Å². The summed E-state index contributed by atoms with van der Waals surface area (Å²) in [7, 11) is 0. The zero-order valence-electron chi connectivity index (χ0n) is 15.0. The molecular weight excluding hydrogens is 316 g/mol. The monoisotopic (exact) mass is 338 g/mol. The molecular formula is C19H22N4O2. The van der Waals surface area contributed by atoms with Crippen LogP contribution in [0.1, 0.15) is 43.5 Å². The number of rotatable bonds is 0.